The van der Waals surface area contributed by atoms with E-state index in [-0.39, 0.29) is 6.03 Å². The van der Waals surface area contributed by atoms with Crippen LogP contribution in [0.2, 0.25) is 0 Å². The molecule has 6 nitrogen and oxygen atoms in total. The van der Waals surface area contributed by atoms with E-state index in [0.717, 1.165) is 43.8 Å². The number of amides is 2. The Labute approximate surface area is 158 Å². The van der Waals surface area contributed by atoms with Gasteiger partial charge in [0.05, 0.1) is 16.4 Å². The van der Waals surface area contributed by atoms with Crippen LogP contribution in [-0.4, -0.2) is 40.7 Å². The maximum atomic E-state index is 12.5. The Morgan fingerprint density at radius 2 is 2.27 bits per heavy atom. The minimum atomic E-state index is 0.0206. The summed E-state index contributed by atoms with van der Waals surface area (Å²) >= 11 is 1.88. The van der Waals surface area contributed by atoms with Crippen molar-refractivity contribution < 1.29 is 9.32 Å². The smallest absolute Gasteiger partial charge is 0.317 e. The quantitative estimate of drug-likeness (QED) is 0.890. The number of carbonyl (C=O) groups excluding carboxylic acids is 1. The number of aryl methyl sites for hydroxylation is 3. The minimum absolute atomic E-state index is 0.0206. The molecule has 0 spiro atoms. The SMILES string of the molecule is Cc1cc(CCNC(=O)N2CCCC(c3nc4c(s3)CCCC4)C2)on1. The van der Waals surface area contributed by atoms with Gasteiger partial charge >= 0.3 is 6.03 Å². The fraction of sp³-hybridized carbons (Fsp3) is 0.632. The number of nitrogens with one attached hydrogen (secondary N) is 1. The summed E-state index contributed by atoms with van der Waals surface area (Å²) < 4.78 is 5.18. The van der Waals surface area contributed by atoms with E-state index >= 15 is 0 Å². The second-order valence-electron chi connectivity index (χ2n) is 7.33. The number of fused-ring (bicyclic) bond motifs is 1. The molecule has 1 unspecified atom stereocenters. The predicted molar refractivity (Wildman–Crippen MR) is 101 cm³/mol. The normalized spacial score (nSPS) is 20.0. The lowest BCUT2D eigenvalue weighted by molar-refractivity contribution is 0.179. The second-order valence-corrected chi connectivity index (χ2v) is 8.45. The molecule has 140 valence electrons. The van der Waals surface area contributed by atoms with Gasteiger partial charge in [-0.1, -0.05) is 5.16 Å². The monoisotopic (exact) mass is 374 g/mol. The summed E-state index contributed by atoms with van der Waals surface area (Å²) in [5.74, 6) is 1.20. The van der Waals surface area contributed by atoms with Crippen LogP contribution in [-0.2, 0) is 19.3 Å². The topological polar surface area (TPSA) is 71.3 Å². The van der Waals surface area contributed by atoms with Crippen LogP contribution in [0.3, 0.4) is 0 Å². The molecule has 1 aliphatic carbocycles. The molecule has 26 heavy (non-hydrogen) atoms. The molecule has 3 heterocycles. The average molecular weight is 375 g/mol. The number of aromatic nitrogens is 2. The van der Waals surface area contributed by atoms with E-state index in [4.69, 9.17) is 9.51 Å². The summed E-state index contributed by atoms with van der Waals surface area (Å²) in [4.78, 5) is 20.9. The van der Waals surface area contributed by atoms with Crippen LogP contribution in [0.15, 0.2) is 10.6 Å². The van der Waals surface area contributed by atoms with Crippen molar-refractivity contribution in [3.8, 4) is 0 Å². The third-order valence-electron chi connectivity index (χ3n) is 5.24. The highest BCUT2D eigenvalue weighted by Crippen LogP contribution is 2.34. The van der Waals surface area contributed by atoms with Gasteiger partial charge in [0.15, 0.2) is 0 Å². The van der Waals surface area contributed by atoms with Crippen molar-refractivity contribution in [3.05, 3.63) is 33.1 Å². The third kappa shape index (κ3) is 3.92. The molecular weight excluding hydrogens is 348 g/mol. The lowest BCUT2D eigenvalue weighted by Crippen LogP contribution is -2.45. The molecule has 1 N–H and O–H groups in total. The molecular formula is C19H26N4O2S. The standard InChI is InChI=1S/C19H26N4O2S/c1-13-11-15(25-22-13)8-9-20-19(24)23-10-4-5-14(12-23)18-21-16-6-2-3-7-17(16)26-18/h11,14H,2-10,12H2,1H3,(H,20,24). The zero-order valence-corrected chi connectivity index (χ0v) is 16.1. The first-order valence-corrected chi connectivity index (χ1v) is 10.4. The Morgan fingerprint density at radius 3 is 3.08 bits per heavy atom. The highest BCUT2D eigenvalue weighted by molar-refractivity contribution is 7.11. The highest BCUT2D eigenvalue weighted by atomic mass is 32.1. The van der Waals surface area contributed by atoms with Crippen molar-refractivity contribution in [2.75, 3.05) is 19.6 Å². The summed E-state index contributed by atoms with van der Waals surface area (Å²) in [6.07, 6.45) is 7.72. The summed E-state index contributed by atoms with van der Waals surface area (Å²) in [5.41, 5.74) is 2.19. The molecule has 0 bridgehead atoms. The number of hydrogen-bond acceptors (Lipinski definition) is 5. The van der Waals surface area contributed by atoms with Crippen LogP contribution < -0.4 is 5.32 Å². The van der Waals surface area contributed by atoms with Crippen LogP contribution in [0.25, 0.3) is 0 Å². The van der Waals surface area contributed by atoms with E-state index in [9.17, 15) is 4.79 Å². The lowest BCUT2D eigenvalue weighted by Gasteiger charge is -2.31. The van der Waals surface area contributed by atoms with Crippen LogP contribution in [0.4, 0.5) is 4.79 Å². The first-order valence-electron chi connectivity index (χ1n) is 9.62. The van der Waals surface area contributed by atoms with Crippen molar-refractivity contribution in [1.29, 1.82) is 0 Å². The third-order valence-corrected chi connectivity index (χ3v) is 6.56. The molecule has 1 fully saturated rings. The molecule has 4 rings (SSSR count). The van der Waals surface area contributed by atoms with Gasteiger partial charge in [0.1, 0.15) is 5.76 Å². The van der Waals surface area contributed by atoms with Crippen LogP contribution >= 0.6 is 11.3 Å². The number of likely N-dealkylation sites (tertiary alicyclic amines) is 1. The van der Waals surface area contributed by atoms with Gasteiger partial charge in [-0.25, -0.2) is 9.78 Å². The molecule has 1 saturated heterocycles. The Kier molecular flexibility index (Phi) is 5.24. The second kappa shape index (κ2) is 7.78. The van der Waals surface area contributed by atoms with Gasteiger partial charge in [0.2, 0.25) is 0 Å². The molecule has 0 aromatic carbocycles. The molecule has 2 aromatic heterocycles. The van der Waals surface area contributed by atoms with Crippen molar-refractivity contribution in [1.82, 2.24) is 20.4 Å². The maximum absolute atomic E-state index is 12.5. The molecule has 7 heteroatoms. The molecule has 2 aromatic rings. The fourth-order valence-corrected chi connectivity index (χ4v) is 5.13. The molecule has 0 radical (unpaired) electrons. The summed E-state index contributed by atoms with van der Waals surface area (Å²) in [6, 6.07) is 1.93. The molecule has 1 atom stereocenters. The zero-order chi connectivity index (χ0) is 17.9. The van der Waals surface area contributed by atoms with E-state index in [1.54, 1.807) is 0 Å². The van der Waals surface area contributed by atoms with Gasteiger partial charge < -0.3 is 14.7 Å². The van der Waals surface area contributed by atoms with Crippen molar-refractivity contribution in [3.63, 3.8) is 0 Å². The number of piperidine rings is 1. The minimum Gasteiger partial charge on any atom is -0.361 e. The van der Waals surface area contributed by atoms with Gasteiger partial charge in [-0.3, -0.25) is 0 Å². The van der Waals surface area contributed by atoms with Gasteiger partial charge in [-0.05, 0) is 45.4 Å². The summed E-state index contributed by atoms with van der Waals surface area (Å²) in [7, 11) is 0. The molecule has 1 aliphatic heterocycles. The number of thiazole rings is 1. The van der Waals surface area contributed by atoms with Gasteiger partial charge in [-0.15, -0.1) is 11.3 Å². The number of nitrogens with zero attached hydrogens (tertiary/aromatic N) is 3. The number of urea groups is 1. The van der Waals surface area contributed by atoms with E-state index in [1.807, 2.05) is 29.2 Å². The number of rotatable bonds is 4. The van der Waals surface area contributed by atoms with Crippen molar-refractivity contribution in [2.45, 2.75) is 57.8 Å². The summed E-state index contributed by atoms with van der Waals surface area (Å²) in [6.45, 7) is 4.07. The van der Waals surface area contributed by atoms with Gasteiger partial charge in [0, 0.05) is 42.9 Å². The maximum Gasteiger partial charge on any atom is 0.317 e. The van der Waals surface area contributed by atoms with Crippen molar-refractivity contribution in [2.24, 2.45) is 0 Å². The Hall–Kier alpha value is -1.89. The largest absolute Gasteiger partial charge is 0.361 e. The Morgan fingerprint density at radius 1 is 1.38 bits per heavy atom. The van der Waals surface area contributed by atoms with Crippen LogP contribution in [0.1, 0.15) is 58.6 Å². The Balaban J connectivity index is 1.31. The number of hydrogen-bond donors (Lipinski definition) is 1. The average Bonchev–Trinajstić information content (AvgIpc) is 3.27. The van der Waals surface area contributed by atoms with Crippen molar-refractivity contribution >= 4 is 17.4 Å². The molecule has 0 saturated carbocycles. The lowest BCUT2D eigenvalue weighted by atomic mass is 9.98. The first kappa shape index (κ1) is 17.5. The zero-order valence-electron chi connectivity index (χ0n) is 15.3. The van der Waals surface area contributed by atoms with E-state index in [2.05, 4.69) is 10.5 Å². The van der Waals surface area contributed by atoms with Crippen LogP contribution in [0.5, 0.6) is 0 Å². The molecule has 2 amide bonds. The summed E-state index contributed by atoms with van der Waals surface area (Å²) in [5, 5.41) is 8.13. The van der Waals surface area contributed by atoms with Gasteiger partial charge in [0.25, 0.3) is 0 Å². The van der Waals surface area contributed by atoms with E-state index < -0.39 is 0 Å². The molecule has 2 aliphatic rings. The predicted octanol–water partition coefficient (Wildman–Crippen LogP) is 3.45. The number of carbonyl (C=O) groups is 1. The van der Waals surface area contributed by atoms with Gasteiger partial charge in [-0.2, -0.15) is 0 Å². The Bertz CT molecular complexity index is 746. The first-order chi connectivity index (χ1) is 12.7. The highest BCUT2D eigenvalue weighted by Gasteiger charge is 2.28. The van der Waals surface area contributed by atoms with Crippen LogP contribution in [0, 0.1) is 6.92 Å². The fourth-order valence-electron chi connectivity index (χ4n) is 3.85. The van der Waals surface area contributed by atoms with E-state index in [1.165, 1.54) is 34.8 Å². The van der Waals surface area contributed by atoms with E-state index in [0.29, 0.717) is 18.9 Å².